The van der Waals surface area contributed by atoms with Gasteiger partial charge in [0.25, 0.3) is 5.91 Å². The van der Waals surface area contributed by atoms with Crippen LogP contribution in [0.15, 0.2) is 29.2 Å². The summed E-state index contributed by atoms with van der Waals surface area (Å²) in [6, 6.07) is 7.36. The van der Waals surface area contributed by atoms with E-state index in [-0.39, 0.29) is 24.9 Å². The number of nitrogens with zero attached hydrogens (tertiary/aromatic N) is 3. The highest BCUT2D eigenvalue weighted by Gasteiger charge is 2.36. The van der Waals surface area contributed by atoms with Crippen molar-refractivity contribution in [3.05, 3.63) is 24.3 Å². The Labute approximate surface area is 139 Å². The zero-order valence-electron chi connectivity index (χ0n) is 13.2. The van der Waals surface area contributed by atoms with Crippen LogP contribution in [0.5, 0.6) is 0 Å². The number of amides is 4. The van der Waals surface area contributed by atoms with E-state index in [1.54, 1.807) is 23.7 Å². The van der Waals surface area contributed by atoms with Gasteiger partial charge in [-0.25, -0.2) is 4.79 Å². The van der Waals surface area contributed by atoms with Crippen LogP contribution in [0, 0.1) is 0 Å². The molecular formula is C16H19N3O3S. The smallest absolute Gasteiger partial charge is 0.318 e. The summed E-state index contributed by atoms with van der Waals surface area (Å²) in [5, 5.41) is 0.412. The second kappa shape index (κ2) is 6.23. The van der Waals surface area contributed by atoms with Crippen LogP contribution in [0.25, 0.3) is 0 Å². The number of benzene rings is 1. The minimum absolute atomic E-state index is 0.0373. The van der Waals surface area contributed by atoms with Gasteiger partial charge in [0.15, 0.2) is 0 Å². The number of anilines is 1. The molecule has 0 saturated carbocycles. The van der Waals surface area contributed by atoms with E-state index in [0.717, 1.165) is 21.9 Å². The average Bonchev–Trinajstić information content (AvgIpc) is 2.68. The summed E-state index contributed by atoms with van der Waals surface area (Å²) in [5.41, 5.74) is 0.860. The number of imide groups is 1. The van der Waals surface area contributed by atoms with E-state index in [9.17, 15) is 14.4 Å². The first-order valence-corrected chi connectivity index (χ1v) is 8.47. The Morgan fingerprint density at radius 1 is 1.30 bits per heavy atom. The molecule has 4 amide bonds. The Morgan fingerprint density at radius 2 is 2.04 bits per heavy atom. The maximum Gasteiger partial charge on any atom is 0.327 e. The van der Waals surface area contributed by atoms with Crippen molar-refractivity contribution in [1.29, 1.82) is 0 Å². The van der Waals surface area contributed by atoms with Crippen LogP contribution in [-0.4, -0.2) is 59.6 Å². The van der Waals surface area contributed by atoms with E-state index in [0.29, 0.717) is 11.8 Å². The van der Waals surface area contributed by atoms with Gasteiger partial charge in [0.05, 0.1) is 5.69 Å². The fraction of sp³-hybridized carbons (Fsp3) is 0.438. The highest BCUT2D eigenvalue weighted by molar-refractivity contribution is 8.00. The fourth-order valence-electron chi connectivity index (χ4n) is 2.79. The van der Waals surface area contributed by atoms with Crippen LogP contribution in [0.4, 0.5) is 10.5 Å². The number of hydrogen-bond acceptors (Lipinski definition) is 4. The number of para-hydroxylation sites is 1. The lowest BCUT2D eigenvalue weighted by Gasteiger charge is -2.24. The number of thioether (sulfide) groups is 1. The Morgan fingerprint density at radius 3 is 2.74 bits per heavy atom. The fourth-order valence-corrected chi connectivity index (χ4v) is 3.90. The Hall–Kier alpha value is -2.02. The molecule has 2 aliphatic heterocycles. The van der Waals surface area contributed by atoms with E-state index < -0.39 is 6.03 Å². The molecule has 1 saturated heterocycles. The predicted octanol–water partition coefficient (Wildman–Crippen LogP) is 1.80. The molecule has 6 nitrogen and oxygen atoms in total. The van der Waals surface area contributed by atoms with Crippen LogP contribution >= 0.6 is 11.8 Å². The van der Waals surface area contributed by atoms with Crippen LogP contribution < -0.4 is 4.90 Å². The minimum Gasteiger partial charge on any atom is -0.318 e. The van der Waals surface area contributed by atoms with Crippen molar-refractivity contribution in [2.45, 2.75) is 23.5 Å². The normalized spacial score (nSPS) is 21.5. The standard InChI is InChI=1S/C16H19N3O3S/c1-11-7-8-18(12-5-3-4-6-13(12)23-11)15(21)10-19-14(20)9-17(2)16(19)22/h3-6,11H,7-10H2,1-2H3/t11-/m1/s1. The number of likely N-dealkylation sites (N-methyl/N-ethyl adjacent to an activating group) is 1. The highest BCUT2D eigenvalue weighted by Crippen LogP contribution is 2.37. The van der Waals surface area contributed by atoms with Gasteiger partial charge in [0.2, 0.25) is 5.91 Å². The first-order valence-electron chi connectivity index (χ1n) is 7.59. The number of fused-ring (bicyclic) bond motifs is 1. The molecule has 122 valence electrons. The topological polar surface area (TPSA) is 60.9 Å². The SMILES string of the molecule is C[C@@H]1CCN(C(=O)CN2C(=O)CN(C)C2=O)c2ccccc2S1. The summed E-state index contributed by atoms with van der Waals surface area (Å²) in [7, 11) is 1.56. The Balaban J connectivity index is 1.82. The molecule has 0 bridgehead atoms. The quantitative estimate of drug-likeness (QED) is 0.774. The van der Waals surface area contributed by atoms with Gasteiger partial charge >= 0.3 is 6.03 Å². The van der Waals surface area contributed by atoms with Gasteiger partial charge in [-0.1, -0.05) is 19.1 Å². The Bertz CT molecular complexity index is 664. The van der Waals surface area contributed by atoms with Crippen LogP contribution in [0.1, 0.15) is 13.3 Å². The minimum atomic E-state index is -0.408. The van der Waals surface area contributed by atoms with E-state index in [2.05, 4.69) is 6.92 Å². The van der Waals surface area contributed by atoms with Crippen molar-refractivity contribution < 1.29 is 14.4 Å². The maximum absolute atomic E-state index is 12.7. The van der Waals surface area contributed by atoms with Gasteiger partial charge in [-0.3, -0.25) is 14.5 Å². The van der Waals surface area contributed by atoms with Crippen molar-refractivity contribution in [2.75, 3.05) is 31.6 Å². The molecule has 1 aromatic carbocycles. The third kappa shape index (κ3) is 3.06. The van der Waals surface area contributed by atoms with E-state index in [1.165, 1.54) is 4.90 Å². The van der Waals surface area contributed by atoms with Crippen molar-refractivity contribution in [3.63, 3.8) is 0 Å². The summed E-state index contributed by atoms with van der Waals surface area (Å²) < 4.78 is 0. The summed E-state index contributed by atoms with van der Waals surface area (Å²) in [5.74, 6) is -0.541. The van der Waals surface area contributed by atoms with Gasteiger partial charge < -0.3 is 9.80 Å². The number of carbonyl (C=O) groups excluding carboxylic acids is 3. The number of rotatable bonds is 2. The zero-order valence-corrected chi connectivity index (χ0v) is 14.0. The van der Waals surface area contributed by atoms with Gasteiger partial charge in [-0.15, -0.1) is 11.8 Å². The molecule has 0 N–H and O–H groups in total. The lowest BCUT2D eigenvalue weighted by molar-refractivity contribution is -0.129. The molecule has 0 spiro atoms. The summed E-state index contributed by atoms with van der Waals surface area (Å²) >= 11 is 1.75. The van der Waals surface area contributed by atoms with Crippen molar-refractivity contribution >= 4 is 35.3 Å². The van der Waals surface area contributed by atoms with E-state index in [4.69, 9.17) is 0 Å². The van der Waals surface area contributed by atoms with Gasteiger partial charge in [-0.2, -0.15) is 0 Å². The van der Waals surface area contributed by atoms with Crippen LogP contribution in [0.3, 0.4) is 0 Å². The maximum atomic E-state index is 12.7. The van der Waals surface area contributed by atoms with Gasteiger partial charge in [-0.05, 0) is 18.6 Å². The average molecular weight is 333 g/mol. The Kier molecular flexibility index (Phi) is 4.30. The first kappa shape index (κ1) is 15.9. The molecule has 2 heterocycles. The lowest BCUT2D eigenvalue weighted by atomic mass is 10.2. The second-order valence-electron chi connectivity index (χ2n) is 5.85. The van der Waals surface area contributed by atoms with Crippen LogP contribution in [-0.2, 0) is 9.59 Å². The van der Waals surface area contributed by atoms with Crippen molar-refractivity contribution in [2.24, 2.45) is 0 Å². The third-order valence-electron chi connectivity index (χ3n) is 4.07. The number of urea groups is 1. The number of carbonyl (C=O) groups is 3. The summed E-state index contributed by atoms with van der Waals surface area (Å²) in [6.07, 6.45) is 0.868. The number of hydrogen-bond donors (Lipinski definition) is 0. The third-order valence-corrected chi connectivity index (χ3v) is 5.31. The lowest BCUT2D eigenvalue weighted by Crippen LogP contribution is -2.43. The van der Waals surface area contributed by atoms with Crippen molar-refractivity contribution in [1.82, 2.24) is 9.80 Å². The molecule has 1 atom stereocenters. The molecule has 0 aliphatic carbocycles. The second-order valence-corrected chi connectivity index (χ2v) is 7.33. The van der Waals surface area contributed by atoms with Gasteiger partial charge in [0, 0.05) is 23.7 Å². The highest BCUT2D eigenvalue weighted by atomic mass is 32.2. The summed E-state index contributed by atoms with van der Waals surface area (Å²) in [4.78, 5) is 41.7. The first-order chi connectivity index (χ1) is 11.0. The van der Waals surface area contributed by atoms with Gasteiger partial charge in [0.1, 0.15) is 13.1 Å². The molecule has 0 radical (unpaired) electrons. The molecule has 23 heavy (non-hydrogen) atoms. The molecule has 7 heteroatoms. The molecule has 1 fully saturated rings. The summed E-state index contributed by atoms with van der Waals surface area (Å²) in [6.45, 7) is 2.57. The molecule has 2 aliphatic rings. The largest absolute Gasteiger partial charge is 0.327 e. The molecule has 0 aromatic heterocycles. The predicted molar refractivity (Wildman–Crippen MR) is 88.5 cm³/mol. The molecule has 0 unspecified atom stereocenters. The monoisotopic (exact) mass is 333 g/mol. The zero-order chi connectivity index (χ0) is 16.6. The van der Waals surface area contributed by atoms with Crippen molar-refractivity contribution in [3.8, 4) is 0 Å². The van der Waals surface area contributed by atoms with E-state index >= 15 is 0 Å². The molecule has 3 rings (SSSR count). The van der Waals surface area contributed by atoms with Crippen LogP contribution in [0.2, 0.25) is 0 Å². The molecule has 1 aromatic rings. The molecular weight excluding hydrogens is 314 g/mol. The van der Waals surface area contributed by atoms with E-state index in [1.807, 2.05) is 24.3 Å².